The molecule has 9 heteroatoms. The average Bonchev–Trinajstić information content (AvgIpc) is 3.41. The quantitative estimate of drug-likeness (QED) is 0.732. The predicted molar refractivity (Wildman–Crippen MR) is 104 cm³/mol. The number of carbonyl (C=O) groups excluding carboxylic acids is 1. The Morgan fingerprint density at radius 3 is 2.57 bits per heavy atom. The molecule has 3 aliphatic rings. The lowest BCUT2D eigenvalue weighted by Crippen LogP contribution is -2.56. The van der Waals surface area contributed by atoms with E-state index in [9.17, 15) is 13.2 Å². The summed E-state index contributed by atoms with van der Waals surface area (Å²) in [5.41, 5.74) is -0.322. The van der Waals surface area contributed by atoms with Crippen LogP contribution in [-0.4, -0.2) is 76.2 Å². The van der Waals surface area contributed by atoms with Gasteiger partial charge in [0, 0.05) is 51.2 Å². The molecule has 0 N–H and O–H groups in total. The average molecular weight is 411 g/mol. The van der Waals surface area contributed by atoms with E-state index in [2.05, 4.69) is 4.98 Å². The zero-order valence-electron chi connectivity index (χ0n) is 16.7. The lowest BCUT2D eigenvalue weighted by atomic mass is 9.82. The number of hydrogen-bond acceptors (Lipinski definition) is 5. The van der Waals surface area contributed by atoms with Gasteiger partial charge in [-0.25, -0.2) is 13.4 Å². The monoisotopic (exact) mass is 410 g/mol. The summed E-state index contributed by atoms with van der Waals surface area (Å²) in [4.78, 5) is 18.7. The first-order chi connectivity index (χ1) is 13.4. The molecule has 1 unspecified atom stereocenters. The molecule has 0 aromatic carbocycles. The van der Waals surface area contributed by atoms with Gasteiger partial charge in [0.1, 0.15) is 0 Å². The number of sulfonamides is 1. The molecule has 0 radical (unpaired) electrons. The minimum Gasteiger partial charge on any atom is -0.375 e. The molecule has 1 saturated carbocycles. The van der Waals surface area contributed by atoms with Gasteiger partial charge in [0.15, 0.2) is 5.82 Å². The molecule has 1 aromatic rings. The second-order valence-electron chi connectivity index (χ2n) is 8.29. The molecule has 2 aliphatic heterocycles. The van der Waals surface area contributed by atoms with Crippen molar-refractivity contribution in [3.63, 3.8) is 0 Å². The number of hydrogen-bond donors (Lipinski definition) is 0. The lowest BCUT2D eigenvalue weighted by molar-refractivity contribution is -0.123. The van der Waals surface area contributed by atoms with E-state index in [1.54, 1.807) is 28.2 Å². The highest BCUT2D eigenvalue weighted by Gasteiger charge is 2.48. The number of aryl methyl sites for hydroxylation is 1. The van der Waals surface area contributed by atoms with E-state index in [0.717, 1.165) is 38.5 Å². The van der Waals surface area contributed by atoms with E-state index < -0.39 is 10.0 Å². The zero-order chi connectivity index (χ0) is 19.9. The summed E-state index contributed by atoms with van der Waals surface area (Å²) in [7, 11) is -1.39. The maximum Gasteiger partial charge on any atom is 0.289 e. The molecule has 1 aromatic heterocycles. The van der Waals surface area contributed by atoms with E-state index in [1.807, 2.05) is 11.9 Å². The molecule has 8 nitrogen and oxygen atoms in total. The van der Waals surface area contributed by atoms with Crippen molar-refractivity contribution in [1.29, 1.82) is 0 Å². The number of piperidine rings is 1. The van der Waals surface area contributed by atoms with E-state index in [4.69, 9.17) is 4.74 Å². The Morgan fingerprint density at radius 2 is 2.00 bits per heavy atom. The number of ether oxygens (including phenoxy) is 1. The van der Waals surface area contributed by atoms with E-state index in [0.29, 0.717) is 25.5 Å². The van der Waals surface area contributed by atoms with Crippen molar-refractivity contribution in [2.75, 3.05) is 25.4 Å². The number of aromatic nitrogens is 2. The van der Waals surface area contributed by atoms with E-state index in [-0.39, 0.29) is 29.3 Å². The van der Waals surface area contributed by atoms with Crippen LogP contribution in [0.1, 0.15) is 56.1 Å². The standard InChI is InChI=1S/C19H30N4O4S/c1-3-28(25,26)23(15-4-5-15)16-6-13-27-19(14-16)7-10-22(11-8-19)18(24)17-20-9-12-21(17)2/h9,12,15-16H,3-8,10-11,13-14H2,1-2H3. The van der Waals surface area contributed by atoms with Gasteiger partial charge in [-0.3, -0.25) is 4.79 Å². The van der Waals surface area contributed by atoms with Gasteiger partial charge in [0.05, 0.1) is 11.4 Å². The van der Waals surface area contributed by atoms with Crippen LogP contribution in [-0.2, 0) is 21.8 Å². The highest BCUT2D eigenvalue weighted by atomic mass is 32.2. The number of likely N-dealkylation sites (tertiary alicyclic amines) is 1. The van der Waals surface area contributed by atoms with Crippen LogP contribution in [0.15, 0.2) is 12.4 Å². The Bertz CT molecular complexity index is 825. The summed E-state index contributed by atoms with van der Waals surface area (Å²) in [6.07, 6.45) is 8.31. The van der Waals surface area contributed by atoms with Crippen molar-refractivity contribution in [3.8, 4) is 0 Å². The van der Waals surface area contributed by atoms with Crippen LogP contribution in [0.25, 0.3) is 0 Å². The van der Waals surface area contributed by atoms with Crippen LogP contribution >= 0.6 is 0 Å². The van der Waals surface area contributed by atoms with Gasteiger partial charge in [0.25, 0.3) is 5.91 Å². The highest BCUT2D eigenvalue weighted by molar-refractivity contribution is 7.89. The fraction of sp³-hybridized carbons (Fsp3) is 0.789. The van der Waals surface area contributed by atoms with Crippen molar-refractivity contribution >= 4 is 15.9 Å². The highest BCUT2D eigenvalue weighted by Crippen LogP contribution is 2.41. The van der Waals surface area contributed by atoms with Gasteiger partial charge >= 0.3 is 0 Å². The normalized spacial score (nSPS) is 25.4. The van der Waals surface area contributed by atoms with Crippen LogP contribution in [0, 0.1) is 0 Å². The third-order valence-corrected chi connectivity index (χ3v) is 8.36. The van der Waals surface area contributed by atoms with Crippen molar-refractivity contribution in [3.05, 3.63) is 18.2 Å². The molecule has 1 aliphatic carbocycles. The number of rotatable bonds is 5. The van der Waals surface area contributed by atoms with Crippen LogP contribution in [0.3, 0.4) is 0 Å². The van der Waals surface area contributed by atoms with Crippen molar-refractivity contribution in [2.24, 2.45) is 7.05 Å². The Kier molecular flexibility index (Phi) is 5.26. The first kappa shape index (κ1) is 19.8. The Morgan fingerprint density at radius 1 is 1.29 bits per heavy atom. The zero-order valence-corrected chi connectivity index (χ0v) is 17.5. The van der Waals surface area contributed by atoms with E-state index in [1.165, 1.54) is 0 Å². The van der Waals surface area contributed by atoms with Crippen LogP contribution < -0.4 is 0 Å². The third kappa shape index (κ3) is 3.71. The van der Waals surface area contributed by atoms with Gasteiger partial charge in [0.2, 0.25) is 10.0 Å². The molecule has 156 valence electrons. The van der Waals surface area contributed by atoms with Gasteiger partial charge < -0.3 is 14.2 Å². The maximum atomic E-state index is 12.7. The second kappa shape index (κ2) is 7.42. The summed E-state index contributed by atoms with van der Waals surface area (Å²) in [6, 6.07) is 0.193. The fourth-order valence-corrected chi connectivity index (χ4v) is 6.23. The number of carbonyl (C=O) groups is 1. The first-order valence-electron chi connectivity index (χ1n) is 10.3. The minimum atomic E-state index is -3.21. The summed E-state index contributed by atoms with van der Waals surface area (Å²) in [5.74, 6) is 0.551. The Hall–Kier alpha value is -1.45. The largest absolute Gasteiger partial charge is 0.375 e. The lowest BCUT2D eigenvalue weighted by Gasteiger charge is -2.48. The van der Waals surface area contributed by atoms with Gasteiger partial charge in [-0.1, -0.05) is 0 Å². The van der Waals surface area contributed by atoms with Crippen LogP contribution in [0.2, 0.25) is 0 Å². The third-order valence-electron chi connectivity index (χ3n) is 6.39. The van der Waals surface area contributed by atoms with E-state index >= 15 is 0 Å². The molecule has 1 atom stereocenters. The summed E-state index contributed by atoms with van der Waals surface area (Å²) < 4.78 is 35.1. The van der Waals surface area contributed by atoms with Gasteiger partial charge in [-0.05, 0) is 45.4 Å². The van der Waals surface area contributed by atoms with Gasteiger partial charge in [-0.2, -0.15) is 4.31 Å². The smallest absolute Gasteiger partial charge is 0.289 e. The molecule has 28 heavy (non-hydrogen) atoms. The SMILES string of the molecule is CCS(=O)(=O)N(C1CC1)C1CCOC2(CCN(C(=O)c3nccn3C)CC2)C1. The van der Waals surface area contributed by atoms with Crippen LogP contribution in [0.5, 0.6) is 0 Å². The molecule has 3 fully saturated rings. The summed E-state index contributed by atoms with van der Waals surface area (Å²) in [6.45, 7) is 3.53. The molecule has 1 spiro atoms. The van der Waals surface area contributed by atoms with Gasteiger partial charge in [-0.15, -0.1) is 0 Å². The van der Waals surface area contributed by atoms with Crippen molar-refractivity contribution in [1.82, 2.24) is 18.8 Å². The van der Waals surface area contributed by atoms with Crippen LogP contribution in [0.4, 0.5) is 0 Å². The Balaban J connectivity index is 1.44. The molecular weight excluding hydrogens is 380 g/mol. The number of imidazole rings is 1. The summed E-state index contributed by atoms with van der Waals surface area (Å²) in [5, 5.41) is 0. The molecular formula is C19H30N4O4S. The second-order valence-corrected chi connectivity index (χ2v) is 10.5. The minimum absolute atomic E-state index is 0.0167. The number of amides is 1. The van der Waals surface area contributed by atoms with Crippen molar-refractivity contribution < 1.29 is 17.9 Å². The topological polar surface area (TPSA) is 84.7 Å². The maximum absolute atomic E-state index is 12.7. The fourth-order valence-electron chi connectivity index (χ4n) is 4.63. The molecule has 1 amide bonds. The molecule has 4 rings (SSSR count). The molecule has 2 saturated heterocycles. The van der Waals surface area contributed by atoms with Crippen molar-refractivity contribution in [2.45, 2.75) is 63.1 Å². The number of nitrogens with zero attached hydrogens (tertiary/aromatic N) is 4. The predicted octanol–water partition coefficient (Wildman–Crippen LogP) is 1.39. The summed E-state index contributed by atoms with van der Waals surface area (Å²) >= 11 is 0. The molecule has 3 heterocycles. The molecule has 0 bridgehead atoms. The first-order valence-corrected chi connectivity index (χ1v) is 11.9. The Labute approximate surface area is 166 Å².